The first kappa shape index (κ1) is 20.3. The van der Waals surface area contributed by atoms with Crippen LogP contribution in [0.2, 0.25) is 0 Å². The number of fused-ring (bicyclic) bond motifs is 1. The molecule has 30 heavy (non-hydrogen) atoms. The maximum Gasteiger partial charge on any atom is 0.241 e. The Balaban J connectivity index is 1.57. The van der Waals surface area contributed by atoms with Gasteiger partial charge in [-0.3, -0.25) is 14.9 Å². The normalized spacial score (nSPS) is 17.1. The zero-order chi connectivity index (χ0) is 21.1. The predicted molar refractivity (Wildman–Crippen MR) is 117 cm³/mol. The molecule has 1 aliphatic heterocycles. The van der Waals surface area contributed by atoms with Crippen LogP contribution in [0.15, 0.2) is 66.0 Å². The number of rotatable bonds is 5. The summed E-state index contributed by atoms with van der Waals surface area (Å²) >= 11 is 1.57. The van der Waals surface area contributed by atoms with E-state index in [9.17, 15) is 14.0 Å². The van der Waals surface area contributed by atoms with Gasteiger partial charge in [0.15, 0.2) is 0 Å². The number of para-hydroxylation sites is 2. The Morgan fingerprint density at radius 3 is 2.70 bits per heavy atom. The van der Waals surface area contributed by atoms with Gasteiger partial charge in [0, 0.05) is 17.3 Å². The van der Waals surface area contributed by atoms with Crippen molar-refractivity contribution in [2.45, 2.75) is 25.4 Å². The summed E-state index contributed by atoms with van der Waals surface area (Å²) in [5.74, 6) is -0.539. The molecule has 1 aliphatic rings. The lowest BCUT2D eigenvalue weighted by atomic mass is 10.1. The third-order valence-corrected chi connectivity index (χ3v) is 6.05. The summed E-state index contributed by atoms with van der Waals surface area (Å²) in [5, 5.41) is 8.17. The van der Waals surface area contributed by atoms with Gasteiger partial charge in [-0.25, -0.2) is 4.39 Å². The number of carbonyl (C=O) groups is 2. The smallest absolute Gasteiger partial charge is 0.241 e. The van der Waals surface area contributed by atoms with Gasteiger partial charge in [-0.1, -0.05) is 30.3 Å². The summed E-state index contributed by atoms with van der Waals surface area (Å²) in [6, 6.07) is 17.0. The zero-order valence-electron chi connectivity index (χ0n) is 16.5. The molecular formula is C23H22FN3O2S. The Bertz CT molecular complexity index is 1040. The Morgan fingerprint density at radius 2 is 1.97 bits per heavy atom. The Morgan fingerprint density at radius 1 is 1.20 bits per heavy atom. The van der Waals surface area contributed by atoms with Gasteiger partial charge in [-0.2, -0.15) is 0 Å². The van der Waals surface area contributed by atoms with Gasteiger partial charge in [0.25, 0.3) is 0 Å². The highest BCUT2D eigenvalue weighted by Gasteiger charge is 2.30. The Kier molecular flexibility index (Phi) is 5.92. The molecule has 1 aromatic heterocycles. The van der Waals surface area contributed by atoms with Gasteiger partial charge in [0.05, 0.1) is 24.0 Å². The molecule has 7 heteroatoms. The maximum absolute atomic E-state index is 13.4. The van der Waals surface area contributed by atoms with Crippen LogP contribution in [0.25, 0.3) is 0 Å². The number of anilines is 2. The van der Waals surface area contributed by atoms with Crippen molar-refractivity contribution in [3.8, 4) is 0 Å². The molecule has 154 valence electrons. The number of carbonyl (C=O) groups excluding carboxylic acids is 2. The van der Waals surface area contributed by atoms with E-state index in [-0.39, 0.29) is 42.7 Å². The van der Waals surface area contributed by atoms with Crippen LogP contribution in [0.4, 0.5) is 15.8 Å². The van der Waals surface area contributed by atoms with Gasteiger partial charge in [0.1, 0.15) is 5.82 Å². The number of amides is 2. The average molecular weight is 424 g/mol. The molecule has 0 bridgehead atoms. The van der Waals surface area contributed by atoms with Crippen molar-refractivity contribution in [3.63, 3.8) is 0 Å². The van der Waals surface area contributed by atoms with E-state index >= 15 is 0 Å². The van der Waals surface area contributed by atoms with Gasteiger partial charge < -0.3 is 10.2 Å². The van der Waals surface area contributed by atoms with E-state index in [1.54, 1.807) is 34.4 Å². The summed E-state index contributed by atoms with van der Waals surface area (Å²) in [4.78, 5) is 28.1. The number of halogens is 1. The molecule has 0 saturated carbocycles. The minimum absolute atomic E-state index is 0.0762. The van der Waals surface area contributed by atoms with Crippen LogP contribution in [0.3, 0.4) is 0 Å². The fourth-order valence-corrected chi connectivity index (χ4v) is 4.56. The van der Waals surface area contributed by atoms with E-state index in [4.69, 9.17) is 0 Å². The first-order valence-corrected chi connectivity index (χ1v) is 10.6. The molecule has 4 rings (SSSR count). The van der Waals surface area contributed by atoms with Crippen LogP contribution >= 0.6 is 11.3 Å². The van der Waals surface area contributed by atoms with Crippen LogP contribution in [-0.2, 0) is 9.59 Å². The van der Waals surface area contributed by atoms with Gasteiger partial charge in [-0.15, -0.1) is 11.3 Å². The maximum atomic E-state index is 13.4. The van der Waals surface area contributed by atoms with Crippen molar-refractivity contribution in [1.29, 1.82) is 0 Å². The van der Waals surface area contributed by atoms with E-state index in [0.717, 1.165) is 10.4 Å². The highest BCUT2D eigenvalue weighted by atomic mass is 32.1. The summed E-state index contributed by atoms with van der Waals surface area (Å²) in [7, 11) is 0. The molecule has 5 nitrogen and oxygen atoms in total. The predicted octanol–water partition coefficient (Wildman–Crippen LogP) is 4.33. The Hall–Kier alpha value is -3.03. The highest BCUT2D eigenvalue weighted by Crippen LogP contribution is 2.32. The molecule has 2 atom stereocenters. The number of benzene rings is 2. The Labute approximate surface area is 178 Å². The van der Waals surface area contributed by atoms with E-state index < -0.39 is 0 Å². The molecule has 0 radical (unpaired) electrons. The van der Waals surface area contributed by atoms with Crippen LogP contribution in [0.1, 0.15) is 29.8 Å². The minimum Gasteiger partial charge on any atom is -0.324 e. The molecule has 0 spiro atoms. The fourth-order valence-electron chi connectivity index (χ4n) is 3.74. The van der Waals surface area contributed by atoms with Gasteiger partial charge in [0.2, 0.25) is 11.8 Å². The van der Waals surface area contributed by atoms with Crippen molar-refractivity contribution in [3.05, 3.63) is 82.3 Å². The second-order valence-corrected chi connectivity index (χ2v) is 8.24. The number of thiophene rings is 1. The third kappa shape index (κ3) is 4.27. The summed E-state index contributed by atoms with van der Waals surface area (Å²) in [6.07, 6.45) is 0.229. The standard InChI is InChI=1S/C23H22FN3O2S/c1-15-13-21(28)26-18-5-2-3-6-19(18)27(15)22(29)14-25-23(20-7-4-12-30-20)16-8-10-17(24)11-9-16/h2-12,15,23,25H,13-14H2,1H3,(H,26,28)/t15-,23+/m1/s1. The highest BCUT2D eigenvalue weighted by molar-refractivity contribution is 7.10. The molecule has 0 unspecified atom stereocenters. The molecule has 2 aromatic carbocycles. The molecule has 0 saturated heterocycles. The lowest BCUT2D eigenvalue weighted by molar-refractivity contribution is -0.118. The minimum atomic E-state index is -0.299. The molecule has 2 amide bonds. The zero-order valence-corrected chi connectivity index (χ0v) is 17.3. The quantitative estimate of drug-likeness (QED) is 0.642. The largest absolute Gasteiger partial charge is 0.324 e. The van der Waals surface area contributed by atoms with Crippen molar-refractivity contribution in [1.82, 2.24) is 5.32 Å². The number of nitrogens with one attached hydrogen (secondary N) is 2. The first-order valence-electron chi connectivity index (χ1n) is 9.76. The van der Waals surface area contributed by atoms with Crippen LogP contribution in [0, 0.1) is 5.82 Å². The van der Waals surface area contributed by atoms with Gasteiger partial charge in [-0.05, 0) is 48.2 Å². The SMILES string of the molecule is C[C@@H]1CC(=O)Nc2ccccc2N1C(=O)CN[C@@H](c1ccc(F)cc1)c1cccs1. The summed E-state index contributed by atoms with van der Waals surface area (Å²) in [5.41, 5.74) is 2.21. The van der Waals surface area contributed by atoms with E-state index in [1.807, 2.05) is 42.6 Å². The van der Waals surface area contributed by atoms with Crippen LogP contribution in [-0.4, -0.2) is 24.4 Å². The summed E-state index contributed by atoms with van der Waals surface area (Å²) in [6.45, 7) is 1.95. The number of hydrogen-bond donors (Lipinski definition) is 2. The second kappa shape index (κ2) is 8.77. The van der Waals surface area contributed by atoms with E-state index in [2.05, 4.69) is 10.6 Å². The summed E-state index contributed by atoms with van der Waals surface area (Å²) < 4.78 is 13.4. The lowest BCUT2D eigenvalue weighted by Crippen LogP contribution is -2.44. The van der Waals surface area contributed by atoms with Crippen molar-refractivity contribution < 1.29 is 14.0 Å². The van der Waals surface area contributed by atoms with Crippen LogP contribution < -0.4 is 15.5 Å². The molecule has 3 aromatic rings. The fraction of sp³-hybridized carbons (Fsp3) is 0.217. The molecule has 2 heterocycles. The topological polar surface area (TPSA) is 61.4 Å². The molecule has 0 aliphatic carbocycles. The average Bonchev–Trinajstić information content (AvgIpc) is 3.21. The van der Waals surface area contributed by atoms with Gasteiger partial charge >= 0.3 is 0 Å². The number of hydrogen-bond acceptors (Lipinski definition) is 4. The van der Waals surface area contributed by atoms with Crippen molar-refractivity contribution in [2.24, 2.45) is 0 Å². The molecule has 2 N–H and O–H groups in total. The third-order valence-electron chi connectivity index (χ3n) is 5.12. The van der Waals surface area contributed by atoms with Crippen molar-refractivity contribution >= 4 is 34.5 Å². The molecular weight excluding hydrogens is 401 g/mol. The van der Waals surface area contributed by atoms with E-state index in [0.29, 0.717) is 11.4 Å². The van der Waals surface area contributed by atoms with E-state index in [1.165, 1.54) is 12.1 Å². The monoisotopic (exact) mass is 423 g/mol. The first-order chi connectivity index (χ1) is 14.5. The van der Waals surface area contributed by atoms with Crippen molar-refractivity contribution in [2.75, 3.05) is 16.8 Å². The lowest BCUT2D eigenvalue weighted by Gasteiger charge is -2.29. The van der Waals surface area contributed by atoms with Crippen LogP contribution in [0.5, 0.6) is 0 Å². The second-order valence-electron chi connectivity index (χ2n) is 7.26. The number of nitrogens with zero attached hydrogens (tertiary/aromatic N) is 1. The molecule has 0 fully saturated rings.